The second-order valence-electron chi connectivity index (χ2n) is 5.72. The second-order valence-corrected chi connectivity index (χ2v) is 5.72. The van der Waals surface area contributed by atoms with Crippen LogP contribution < -0.4 is 10.6 Å². The van der Waals surface area contributed by atoms with Gasteiger partial charge in [-0.3, -0.25) is 4.79 Å². The third-order valence-corrected chi connectivity index (χ3v) is 3.29. The molecule has 0 fully saturated rings. The Bertz CT molecular complexity index is 626. The maximum absolute atomic E-state index is 12.8. The molecule has 1 aromatic heterocycles. The average Bonchev–Trinajstić information content (AvgIpc) is 2.54. The van der Waals surface area contributed by atoms with Gasteiger partial charge in [0.2, 0.25) is 0 Å². The lowest BCUT2D eigenvalue weighted by Crippen LogP contribution is -2.24. The molecule has 0 aliphatic rings. The number of anilines is 1. The Morgan fingerprint density at radius 2 is 1.87 bits per heavy atom. The molecular formula is C17H21FN4O. The van der Waals surface area contributed by atoms with Crippen LogP contribution in [0.4, 0.5) is 10.2 Å². The van der Waals surface area contributed by atoms with Gasteiger partial charge in [0, 0.05) is 13.1 Å². The molecule has 2 N–H and O–H groups in total. The Kier molecular flexibility index (Phi) is 6.02. The van der Waals surface area contributed by atoms with Gasteiger partial charge in [-0.15, -0.1) is 10.2 Å². The number of aromatic nitrogens is 2. The van der Waals surface area contributed by atoms with Crippen molar-refractivity contribution in [2.75, 3.05) is 11.9 Å². The molecule has 0 aliphatic heterocycles. The van der Waals surface area contributed by atoms with Crippen molar-refractivity contribution in [3.05, 3.63) is 53.5 Å². The lowest BCUT2D eigenvalue weighted by molar-refractivity contribution is 0.0945. The Hall–Kier alpha value is -2.50. The van der Waals surface area contributed by atoms with Crippen molar-refractivity contribution in [2.24, 2.45) is 5.92 Å². The van der Waals surface area contributed by atoms with Crippen LogP contribution in [0.5, 0.6) is 0 Å². The summed E-state index contributed by atoms with van der Waals surface area (Å²) in [7, 11) is 0. The molecule has 0 atom stereocenters. The lowest BCUT2D eigenvalue weighted by Gasteiger charge is -2.08. The van der Waals surface area contributed by atoms with E-state index in [2.05, 4.69) is 34.7 Å². The van der Waals surface area contributed by atoms with Crippen LogP contribution in [0.1, 0.15) is 36.3 Å². The van der Waals surface area contributed by atoms with Crippen LogP contribution in [-0.4, -0.2) is 22.6 Å². The molecule has 2 aromatic rings. The summed E-state index contributed by atoms with van der Waals surface area (Å²) in [5, 5.41) is 13.8. The fourth-order valence-electron chi connectivity index (χ4n) is 1.91. The van der Waals surface area contributed by atoms with Gasteiger partial charge in [0.1, 0.15) is 11.6 Å². The van der Waals surface area contributed by atoms with E-state index < -0.39 is 0 Å². The number of nitrogens with zero attached hydrogens (tertiary/aromatic N) is 2. The molecule has 1 amide bonds. The summed E-state index contributed by atoms with van der Waals surface area (Å²) in [5.74, 6) is 0.662. The molecule has 122 valence electrons. The number of hydrogen-bond acceptors (Lipinski definition) is 4. The van der Waals surface area contributed by atoms with E-state index in [4.69, 9.17) is 0 Å². The highest BCUT2D eigenvalue weighted by Gasteiger charge is 2.08. The third kappa shape index (κ3) is 5.65. The molecule has 5 nitrogen and oxygen atoms in total. The van der Waals surface area contributed by atoms with E-state index >= 15 is 0 Å². The summed E-state index contributed by atoms with van der Waals surface area (Å²) < 4.78 is 12.8. The minimum atomic E-state index is -0.310. The molecule has 0 unspecified atom stereocenters. The maximum atomic E-state index is 12.8. The van der Waals surface area contributed by atoms with Crippen LogP contribution in [0.2, 0.25) is 0 Å². The normalized spacial score (nSPS) is 10.6. The molecule has 6 heteroatoms. The number of benzene rings is 1. The molecule has 0 saturated carbocycles. The first-order valence-electron chi connectivity index (χ1n) is 7.65. The average molecular weight is 316 g/mol. The molecular weight excluding hydrogens is 295 g/mol. The van der Waals surface area contributed by atoms with Crippen LogP contribution >= 0.6 is 0 Å². The van der Waals surface area contributed by atoms with E-state index in [1.807, 2.05) is 0 Å². The summed E-state index contributed by atoms with van der Waals surface area (Å²) in [4.78, 5) is 12.0. The Morgan fingerprint density at radius 1 is 1.13 bits per heavy atom. The highest BCUT2D eigenvalue weighted by atomic mass is 19.1. The monoisotopic (exact) mass is 316 g/mol. The largest absolute Gasteiger partial charge is 0.369 e. The van der Waals surface area contributed by atoms with E-state index in [0.717, 1.165) is 18.5 Å². The van der Waals surface area contributed by atoms with Crippen LogP contribution in [0, 0.1) is 11.7 Å². The van der Waals surface area contributed by atoms with Gasteiger partial charge in [0.25, 0.3) is 5.91 Å². The molecule has 2 rings (SSSR count). The van der Waals surface area contributed by atoms with Gasteiger partial charge in [-0.05, 0) is 42.2 Å². The van der Waals surface area contributed by atoms with Crippen LogP contribution in [-0.2, 0) is 6.54 Å². The highest BCUT2D eigenvalue weighted by molar-refractivity contribution is 5.92. The van der Waals surface area contributed by atoms with Crippen LogP contribution in [0.25, 0.3) is 0 Å². The van der Waals surface area contributed by atoms with Gasteiger partial charge in [-0.2, -0.15) is 0 Å². The number of carbonyl (C=O) groups excluding carboxylic acids is 1. The smallest absolute Gasteiger partial charge is 0.272 e. The zero-order chi connectivity index (χ0) is 16.7. The minimum absolute atomic E-state index is 0.251. The molecule has 23 heavy (non-hydrogen) atoms. The first-order valence-corrected chi connectivity index (χ1v) is 7.65. The van der Waals surface area contributed by atoms with Crippen molar-refractivity contribution in [3.63, 3.8) is 0 Å². The van der Waals surface area contributed by atoms with Crippen molar-refractivity contribution < 1.29 is 9.18 Å². The molecule has 0 spiro atoms. The molecule has 0 bridgehead atoms. The maximum Gasteiger partial charge on any atom is 0.272 e. The fourth-order valence-corrected chi connectivity index (χ4v) is 1.91. The number of amides is 1. The van der Waals surface area contributed by atoms with Gasteiger partial charge in [-0.25, -0.2) is 4.39 Å². The Labute approximate surface area is 135 Å². The van der Waals surface area contributed by atoms with Crippen molar-refractivity contribution in [3.8, 4) is 0 Å². The Morgan fingerprint density at radius 3 is 2.48 bits per heavy atom. The van der Waals surface area contributed by atoms with E-state index in [-0.39, 0.29) is 17.4 Å². The summed E-state index contributed by atoms with van der Waals surface area (Å²) >= 11 is 0. The first kappa shape index (κ1) is 16.9. The summed E-state index contributed by atoms with van der Waals surface area (Å²) in [6.07, 6.45) is 1.04. The summed E-state index contributed by atoms with van der Waals surface area (Å²) in [6.45, 7) is 5.45. The minimum Gasteiger partial charge on any atom is -0.369 e. The SMILES string of the molecule is CC(C)CCNc1ccc(C(=O)NCc2ccc(F)cc2)nn1. The van der Waals surface area contributed by atoms with Crippen LogP contribution in [0.15, 0.2) is 36.4 Å². The van der Waals surface area contributed by atoms with Gasteiger partial charge in [0.15, 0.2) is 5.69 Å². The molecule has 0 aliphatic carbocycles. The van der Waals surface area contributed by atoms with Crippen molar-refractivity contribution in [1.82, 2.24) is 15.5 Å². The van der Waals surface area contributed by atoms with E-state index in [1.54, 1.807) is 24.3 Å². The number of rotatable bonds is 7. The number of carbonyl (C=O) groups is 1. The second kappa shape index (κ2) is 8.22. The molecule has 0 radical (unpaired) electrons. The molecule has 1 heterocycles. The molecule has 1 aromatic carbocycles. The highest BCUT2D eigenvalue weighted by Crippen LogP contribution is 2.06. The predicted octanol–water partition coefficient (Wildman–Crippen LogP) is 3.00. The predicted molar refractivity (Wildman–Crippen MR) is 87.5 cm³/mol. The zero-order valence-electron chi connectivity index (χ0n) is 13.3. The van der Waals surface area contributed by atoms with Gasteiger partial charge >= 0.3 is 0 Å². The number of hydrogen-bond donors (Lipinski definition) is 2. The van der Waals surface area contributed by atoms with Gasteiger partial charge in [-0.1, -0.05) is 26.0 Å². The lowest BCUT2D eigenvalue weighted by atomic mass is 10.1. The van der Waals surface area contributed by atoms with Gasteiger partial charge < -0.3 is 10.6 Å². The fraction of sp³-hybridized carbons (Fsp3) is 0.353. The summed E-state index contributed by atoms with van der Waals surface area (Å²) in [6, 6.07) is 9.34. The first-order chi connectivity index (χ1) is 11.0. The van der Waals surface area contributed by atoms with E-state index in [9.17, 15) is 9.18 Å². The van der Waals surface area contributed by atoms with Crippen molar-refractivity contribution in [2.45, 2.75) is 26.8 Å². The Balaban J connectivity index is 1.83. The molecule has 0 saturated heterocycles. The quantitative estimate of drug-likeness (QED) is 0.824. The third-order valence-electron chi connectivity index (χ3n) is 3.29. The summed E-state index contributed by atoms with van der Waals surface area (Å²) in [5.41, 5.74) is 1.07. The van der Waals surface area contributed by atoms with E-state index in [1.165, 1.54) is 12.1 Å². The zero-order valence-corrected chi connectivity index (χ0v) is 13.3. The van der Waals surface area contributed by atoms with Crippen LogP contribution in [0.3, 0.4) is 0 Å². The number of halogens is 1. The standard InChI is InChI=1S/C17H21FN4O/c1-12(2)9-10-19-16-8-7-15(21-22-16)17(23)20-11-13-3-5-14(18)6-4-13/h3-8,12H,9-11H2,1-2H3,(H,19,22)(H,20,23). The van der Waals surface area contributed by atoms with Crippen molar-refractivity contribution >= 4 is 11.7 Å². The number of nitrogens with one attached hydrogen (secondary N) is 2. The van der Waals surface area contributed by atoms with Crippen molar-refractivity contribution in [1.29, 1.82) is 0 Å². The van der Waals surface area contributed by atoms with Gasteiger partial charge in [0.05, 0.1) is 0 Å². The topological polar surface area (TPSA) is 66.9 Å². The van der Waals surface area contributed by atoms with E-state index in [0.29, 0.717) is 18.3 Å².